The monoisotopic (exact) mass is 284 g/mol. The van der Waals surface area contributed by atoms with Gasteiger partial charge in [-0.15, -0.1) is 0 Å². The Morgan fingerprint density at radius 2 is 1.62 bits per heavy atom. The molecule has 0 unspecified atom stereocenters. The van der Waals surface area contributed by atoms with Crippen molar-refractivity contribution >= 4 is 5.69 Å². The van der Waals surface area contributed by atoms with Crippen molar-refractivity contribution in [1.29, 1.82) is 0 Å². The zero-order valence-corrected chi connectivity index (χ0v) is 12.6. The molecule has 0 saturated heterocycles. The normalized spacial score (nSPS) is 10.5. The number of hydrogen-bond donors (Lipinski definition) is 2. The van der Waals surface area contributed by atoms with E-state index in [2.05, 4.69) is 65.2 Å². The van der Waals surface area contributed by atoms with Crippen LogP contribution in [-0.2, 0) is 11.2 Å². The van der Waals surface area contributed by atoms with Crippen molar-refractivity contribution in [2.75, 3.05) is 38.7 Å². The van der Waals surface area contributed by atoms with E-state index in [0.717, 1.165) is 32.7 Å². The molecule has 0 aromatic heterocycles. The minimum atomic E-state index is 0.755. The Balaban J connectivity index is 1.85. The number of rotatable bonds is 9. The Kier molecular flexibility index (Phi) is 6.78. The van der Waals surface area contributed by atoms with Crippen LogP contribution < -0.4 is 10.6 Å². The average Bonchev–Trinajstić information content (AvgIpc) is 2.53. The largest absolute Gasteiger partial charge is 0.384 e. The van der Waals surface area contributed by atoms with Crippen LogP contribution in [-0.4, -0.2) is 33.4 Å². The molecule has 0 aliphatic rings. The van der Waals surface area contributed by atoms with Gasteiger partial charge in [-0.2, -0.15) is 0 Å². The number of benzene rings is 2. The lowest BCUT2D eigenvalue weighted by atomic mass is 10.0. The highest BCUT2D eigenvalue weighted by molar-refractivity contribution is 5.52. The Morgan fingerprint density at radius 3 is 2.43 bits per heavy atom. The summed E-state index contributed by atoms with van der Waals surface area (Å²) < 4.78 is 5.01. The van der Waals surface area contributed by atoms with Crippen molar-refractivity contribution in [2.45, 2.75) is 6.42 Å². The number of hydrogen-bond acceptors (Lipinski definition) is 3. The molecule has 0 amide bonds. The van der Waals surface area contributed by atoms with E-state index in [1.54, 1.807) is 7.11 Å². The summed E-state index contributed by atoms with van der Waals surface area (Å²) in [6.07, 6.45) is 0.959. The smallest absolute Gasteiger partial charge is 0.0587 e. The second-order valence-corrected chi connectivity index (χ2v) is 4.99. The number of methoxy groups -OCH3 is 1. The van der Waals surface area contributed by atoms with Crippen molar-refractivity contribution in [1.82, 2.24) is 5.32 Å². The van der Waals surface area contributed by atoms with E-state index >= 15 is 0 Å². The van der Waals surface area contributed by atoms with Gasteiger partial charge in [-0.3, -0.25) is 0 Å². The van der Waals surface area contributed by atoms with Crippen molar-refractivity contribution in [3.63, 3.8) is 0 Å². The van der Waals surface area contributed by atoms with E-state index in [-0.39, 0.29) is 0 Å². The van der Waals surface area contributed by atoms with Gasteiger partial charge in [0.2, 0.25) is 0 Å². The Bertz CT molecular complexity index is 514. The molecule has 3 heteroatoms. The first-order valence-electron chi connectivity index (χ1n) is 7.45. The van der Waals surface area contributed by atoms with E-state index in [1.807, 2.05) is 0 Å². The molecule has 0 bridgehead atoms. The lowest BCUT2D eigenvalue weighted by Gasteiger charge is -2.12. The Morgan fingerprint density at radius 1 is 0.857 bits per heavy atom. The van der Waals surface area contributed by atoms with E-state index in [1.165, 1.54) is 16.8 Å². The molecular formula is C18H24N2O. The predicted molar refractivity (Wildman–Crippen MR) is 88.9 cm³/mol. The van der Waals surface area contributed by atoms with Crippen LogP contribution in [0.2, 0.25) is 0 Å². The summed E-state index contributed by atoms with van der Waals surface area (Å²) in [6, 6.07) is 19.1. The zero-order chi connectivity index (χ0) is 14.8. The molecule has 21 heavy (non-hydrogen) atoms. The van der Waals surface area contributed by atoms with Gasteiger partial charge in [0, 0.05) is 32.4 Å². The highest BCUT2D eigenvalue weighted by Crippen LogP contribution is 2.18. The number of nitrogens with one attached hydrogen (secondary N) is 2. The predicted octanol–water partition coefficient (Wildman–Crippen LogP) is 2.93. The minimum Gasteiger partial charge on any atom is -0.384 e. The first kappa shape index (κ1) is 15.5. The molecule has 0 atom stereocenters. The fraction of sp³-hybridized carbons (Fsp3) is 0.333. The molecule has 3 nitrogen and oxygen atoms in total. The molecule has 112 valence electrons. The second kappa shape index (κ2) is 9.16. The third kappa shape index (κ3) is 5.58. The van der Waals surface area contributed by atoms with E-state index in [9.17, 15) is 0 Å². The van der Waals surface area contributed by atoms with Crippen LogP contribution >= 0.6 is 0 Å². The van der Waals surface area contributed by atoms with Crippen molar-refractivity contribution in [3.8, 4) is 0 Å². The van der Waals surface area contributed by atoms with Crippen LogP contribution in [0.3, 0.4) is 0 Å². The summed E-state index contributed by atoms with van der Waals surface area (Å²) >= 11 is 0. The van der Waals surface area contributed by atoms with Gasteiger partial charge in [-0.05, 0) is 23.6 Å². The SMILES string of the molecule is COCCNCCNc1ccccc1Cc1ccccc1. The number of para-hydroxylation sites is 1. The van der Waals surface area contributed by atoms with Crippen molar-refractivity contribution in [3.05, 3.63) is 65.7 Å². The molecule has 2 aromatic carbocycles. The fourth-order valence-corrected chi connectivity index (χ4v) is 2.25. The summed E-state index contributed by atoms with van der Waals surface area (Å²) in [7, 11) is 1.72. The summed E-state index contributed by atoms with van der Waals surface area (Å²) in [4.78, 5) is 0. The van der Waals surface area contributed by atoms with Gasteiger partial charge in [0.1, 0.15) is 0 Å². The Labute approximate surface area is 127 Å². The lowest BCUT2D eigenvalue weighted by molar-refractivity contribution is 0.200. The fourth-order valence-electron chi connectivity index (χ4n) is 2.25. The summed E-state index contributed by atoms with van der Waals surface area (Å²) in [6.45, 7) is 3.49. The first-order valence-corrected chi connectivity index (χ1v) is 7.45. The molecule has 0 fully saturated rings. The van der Waals surface area contributed by atoms with E-state index in [4.69, 9.17) is 4.74 Å². The summed E-state index contributed by atoms with van der Waals surface area (Å²) in [5.74, 6) is 0. The third-order valence-electron chi connectivity index (χ3n) is 3.35. The van der Waals surface area contributed by atoms with Crippen LogP contribution in [0.15, 0.2) is 54.6 Å². The second-order valence-electron chi connectivity index (χ2n) is 4.99. The highest BCUT2D eigenvalue weighted by atomic mass is 16.5. The maximum Gasteiger partial charge on any atom is 0.0587 e. The van der Waals surface area contributed by atoms with Crippen molar-refractivity contribution < 1.29 is 4.74 Å². The molecule has 2 N–H and O–H groups in total. The molecule has 0 aliphatic carbocycles. The average molecular weight is 284 g/mol. The van der Waals surface area contributed by atoms with Crippen LogP contribution in [0.5, 0.6) is 0 Å². The molecule has 0 aliphatic heterocycles. The maximum absolute atomic E-state index is 5.01. The highest BCUT2D eigenvalue weighted by Gasteiger charge is 2.02. The quantitative estimate of drug-likeness (QED) is 0.695. The van der Waals surface area contributed by atoms with Crippen LogP contribution in [0.4, 0.5) is 5.69 Å². The molecule has 0 spiro atoms. The third-order valence-corrected chi connectivity index (χ3v) is 3.35. The van der Waals surface area contributed by atoms with E-state index in [0.29, 0.717) is 0 Å². The molecule has 0 saturated carbocycles. The van der Waals surface area contributed by atoms with Gasteiger partial charge < -0.3 is 15.4 Å². The standard InChI is InChI=1S/C18H24N2O/c1-21-14-13-19-11-12-20-18-10-6-5-9-17(18)15-16-7-3-2-4-8-16/h2-10,19-20H,11-15H2,1H3. The summed E-state index contributed by atoms with van der Waals surface area (Å²) in [5, 5.41) is 6.85. The van der Waals surface area contributed by atoms with Crippen LogP contribution in [0.25, 0.3) is 0 Å². The first-order chi connectivity index (χ1) is 10.4. The Hall–Kier alpha value is -1.84. The lowest BCUT2D eigenvalue weighted by Crippen LogP contribution is -2.25. The topological polar surface area (TPSA) is 33.3 Å². The van der Waals surface area contributed by atoms with Gasteiger partial charge in [0.15, 0.2) is 0 Å². The number of anilines is 1. The molecule has 2 rings (SSSR count). The van der Waals surface area contributed by atoms with Gasteiger partial charge >= 0.3 is 0 Å². The maximum atomic E-state index is 5.01. The van der Waals surface area contributed by atoms with Gasteiger partial charge in [-0.1, -0.05) is 48.5 Å². The van der Waals surface area contributed by atoms with Crippen molar-refractivity contribution in [2.24, 2.45) is 0 Å². The summed E-state index contributed by atoms with van der Waals surface area (Å²) in [5.41, 5.74) is 3.89. The van der Waals surface area contributed by atoms with Gasteiger partial charge in [-0.25, -0.2) is 0 Å². The van der Waals surface area contributed by atoms with Gasteiger partial charge in [0.05, 0.1) is 6.61 Å². The van der Waals surface area contributed by atoms with E-state index < -0.39 is 0 Å². The molecular weight excluding hydrogens is 260 g/mol. The minimum absolute atomic E-state index is 0.755. The number of ether oxygens (including phenoxy) is 1. The van der Waals surface area contributed by atoms with Crippen LogP contribution in [0.1, 0.15) is 11.1 Å². The molecule has 0 radical (unpaired) electrons. The zero-order valence-electron chi connectivity index (χ0n) is 12.6. The molecule has 0 heterocycles. The van der Waals surface area contributed by atoms with Crippen LogP contribution in [0, 0.1) is 0 Å². The molecule has 2 aromatic rings. The van der Waals surface area contributed by atoms with Gasteiger partial charge in [0.25, 0.3) is 0 Å².